The van der Waals surface area contributed by atoms with Gasteiger partial charge in [-0.3, -0.25) is 14.1 Å². The Morgan fingerprint density at radius 1 is 1.26 bits per heavy atom. The molecule has 12 nitrogen and oxygen atoms in total. The minimum atomic E-state index is -4.43. The van der Waals surface area contributed by atoms with Crippen LogP contribution in [0.4, 0.5) is 4.39 Å². The second kappa shape index (κ2) is 12.3. The Balaban J connectivity index is 1.55. The molecule has 4 rings (SSSR count). The maximum Gasteiger partial charge on any atom is 0.459 e. The second-order valence-corrected chi connectivity index (χ2v) is 13.4. The first-order chi connectivity index (χ1) is 19.6. The van der Waals surface area contributed by atoms with Crippen molar-refractivity contribution in [2.75, 3.05) is 13.2 Å². The largest absolute Gasteiger partial charge is 0.464 e. The normalized spacial score (nSPS) is 28.3. The van der Waals surface area contributed by atoms with Crippen molar-refractivity contribution in [3.8, 4) is 5.75 Å². The average Bonchev–Trinajstić information content (AvgIpc) is 3.14. The fourth-order valence-electron chi connectivity index (χ4n) is 4.44. The number of carbonyl (C=O) groups excluding carboxylic acids is 2. The molecular formula is C28H37FN3O9P. The molecule has 0 aromatic heterocycles. The number of nitrogens with zero attached hydrogens (tertiary/aromatic N) is 1. The Morgan fingerprint density at radius 3 is 2.64 bits per heavy atom. The lowest BCUT2D eigenvalue weighted by molar-refractivity contribution is -0.172. The summed E-state index contributed by atoms with van der Waals surface area (Å²) < 4.78 is 52.2. The molecule has 0 aliphatic carbocycles. The minimum absolute atomic E-state index is 0.111. The Hall–Kier alpha value is -3.06. The first-order valence-electron chi connectivity index (χ1n) is 13.4. The minimum Gasteiger partial charge on any atom is -0.464 e. The highest BCUT2D eigenvalue weighted by atomic mass is 31.2. The number of hydrogen-bond acceptors (Lipinski definition) is 10. The lowest BCUT2D eigenvalue weighted by Gasteiger charge is -2.38. The van der Waals surface area contributed by atoms with Crippen LogP contribution < -0.4 is 14.9 Å². The highest BCUT2D eigenvalue weighted by Gasteiger charge is 2.57. The number of rotatable bonds is 10. The number of nitrogens with one attached hydrogen (secondary N) is 2. The van der Waals surface area contributed by atoms with Gasteiger partial charge in [0, 0.05) is 17.7 Å². The number of amides is 1. The van der Waals surface area contributed by atoms with Gasteiger partial charge in [0.05, 0.1) is 13.2 Å². The van der Waals surface area contributed by atoms with Gasteiger partial charge in [-0.2, -0.15) is 5.09 Å². The van der Waals surface area contributed by atoms with Crippen LogP contribution in [0.15, 0.2) is 54.7 Å². The standard InChI is InChI=1S/C28H37FN3O9P/c1-17(24(34)38-16-27(2,3)4)31-42(37,41-20-12-8-10-18-9-6-7-11-19(18)20)39-15-21-23(29)28(5,36)25(40-21)32-14-13-22(33)30-26(32)35/h6-14,17,21,23,25-26,35-36H,15-16H2,1-5H3,(H,30,33)(H,31,37)/t17-,21+,23+,25+,26?,28+,42?/m0/s1. The van der Waals surface area contributed by atoms with E-state index in [1.54, 1.807) is 24.3 Å². The number of alkyl halides is 1. The van der Waals surface area contributed by atoms with E-state index in [-0.39, 0.29) is 17.8 Å². The second-order valence-electron chi connectivity index (χ2n) is 11.7. The first-order valence-corrected chi connectivity index (χ1v) is 15.0. The molecule has 42 heavy (non-hydrogen) atoms. The van der Waals surface area contributed by atoms with Gasteiger partial charge in [0.15, 0.2) is 12.4 Å². The molecule has 1 saturated heterocycles. The molecule has 0 radical (unpaired) electrons. The van der Waals surface area contributed by atoms with E-state index in [2.05, 4.69) is 10.4 Å². The van der Waals surface area contributed by atoms with Gasteiger partial charge in [-0.05, 0) is 30.7 Å². The van der Waals surface area contributed by atoms with Crippen molar-refractivity contribution in [2.24, 2.45) is 5.41 Å². The summed E-state index contributed by atoms with van der Waals surface area (Å²) in [6, 6.07) is 11.1. The smallest absolute Gasteiger partial charge is 0.459 e. The number of ether oxygens (including phenoxy) is 2. The SMILES string of the molecule is C[C@H](NP(=O)(OC[C@H]1O[C@@H](N2C=CC(=O)NC2O)[C@](C)(O)[C@@H]1F)Oc1cccc2ccccc12)C(=O)OCC(C)(C)C. The van der Waals surface area contributed by atoms with E-state index < -0.39 is 62.7 Å². The number of carbonyl (C=O) groups is 2. The van der Waals surface area contributed by atoms with Crippen molar-refractivity contribution in [1.82, 2.24) is 15.3 Å². The Bertz CT molecular complexity index is 1380. The number of halogens is 1. The molecule has 4 N–H and O–H groups in total. The summed E-state index contributed by atoms with van der Waals surface area (Å²) in [5.74, 6) is -1.10. The lowest BCUT2D eigenvalue weighted by Crippen LogP contribution is -2.59. The first kappa shape index (κ1) is 31.9. The van der Waals surface area contributed by atoms with Gasteiger partial charge in [0.2, 0.25) is 12.3 Å². The van der Waals surface area contributed by atoms with Crippen molar-refractivity contribution in [1.29, 1.82) is 0 Å². The third-order valence-electron chi connectivity index (χ3n) is 6.64. The highest BCUT2D eigenvalue weighted by Crippen LogP contribution is 2.48. The van der Waals surface area contributed by atoms with E-state index in [0.29, 0.717) is 5.39 Å². The molecule has 0 spiro atoms. The molecule has 0 saturated carbocycles. The van der Waals surface area contributed by atoms with Gasteiger partial charge in [0.1, 0.15) is 23.5 Å². The van der Waals surface area contributed by atoms with Gasteiger partial charge in [0.25, 0.3) is 0 Å². The van der Waals surface area contributed by atoms with Gasteiger partial charge in [-0.1, -0.05) is 57.2 Å². The molecule has 2 aliphatic heterocycles. The number of fused-ring (bicyclic) bond motifs is 1. The highest BCUT2D eigenvalue weighted by molar-refractivity contribution is 7.52. The third-order valence-corrected chi connectivity index (χ3v) is 8.27. The van der Waals surface area contributed by atoms with Crippen molar-refractivity contribution in [3.05, 3.63) is 54.7 Å². The van der Waals surface area contributed by atoms with Crippen molar-refractivity contribution in [3.63, 3.8) is 0 Å². The average molecular weight is 610 g/mol. The van der Waals surface area contributed by atoms with E-state index in [9.17, 15) is 24.4 Å². The summed E-state index contributed by atoms with van der Waals surface area (Å²) in [7, 11) is -4.43. The quantitative estimate of drug-likeness (QED) is 0.232. The zero-order valence-corrected chi connectivity index (χ0v) is 24.9. The van der Waals surface area contributed by atoms with Crippen LogP contribution in [0.2, 0.25) is 0 Å². The molecule has 2 aromatic carbocycles. The number of aliphatic hydroxyl groups excluding tert-OH is 1. The Morgan fingerprint density at radius 2 is 1.95 bits per heavy atom. The molecule has 230 valence electrons. The van der Waals surface area contributed by atoms with Crippen LogP contribution in [0.3, 0.4) is 0 Å². The van der Waals surface area contributed by atoms with Gasteiger partial charge in [-0.25, -0.2) is 8.96 Å². The zero-order valence-electron chi connectivity index (χ0n) is 24.0. The van der Waals surface area contributed by atoms with E-state index in [4.69, 9.17) is 18.5 Å². The number of aliphatic hydroxyl groups is 2. The third kappa shape index (κ3) is 7.28. The van der Waals surface area contributed by atoms with Crippen molar-refractivity contribution >= 4 is 30.4 Å². The van der Waals surface area contributed by atoms with Crippen LogP contribution in [0.1, 0.15) is 34.6 Å². The summed E-state index contributed by atoms with van der Waals surface area (Å²) in [6.45, 7) is 7.69. The van der Waals surface area contributed by atoms with E-state index in [1.165, 1.54) is 13.1 Å². The molecule has 0 bridgehead atoms. The molecular weight excluding hydrogens is 572 g/mol. The molecule has 2 unspecified atom stereocenters. The van der Waals surface area contributed by atoms with Crippen LogP contribution in [0.25, 0.3) is 10.8 Å². The number of esters is 1. The molecule has 2 heterocycles. The lowest BCUT2D eigenvalue weighted by atomic mass is 9.97. The summed E-state index contributed by atoms with van der Waals surface area (Å²) in [6.07, 6.45) is -4.32. The monoisotopic (exact) mass is 609 g/mol. The van der Waals surface area contributed by atoms with Crippen LogP contribution in [-0.4, -0.2) is 76.7 Å². The summed E-state index contributed by atoms with van der Waals surface area (Å²) in [4.78, 5) is 25.3. The van der Waals surface area contributed by atoms with E-state index in [0.717, 1.165) is 23.3 Å². The van der Waals surface area contributed by atoms with Crippen LogP contribution in [-0.2, 0) is 28.2 Å². The zero-order chi connectivity index (χ0) is 30.9. The van der Waals surface area contributed by atoms with E-state index in [1.807, 2.05) is 39.0 Å². The van der Waals surface area contributed by atoms with Crippen LogP contribution >= 0.6 is 7.75 Å². The van der Waals surface area contributed by atoms with E-state index >= 15 is 4.39 Å². The predicted octanol–water partition coefficient (Wildman–Crippen LogP) is 2.95. The summed E-state index contributed by atoms with van der Waals surface area (Å²) in [5, 5.41) is 27.4. The fraction of sp³-hybridized carbons (Fsp3) is 0.500. The van der Waals surface area contributed by atoms with Crippen molar-refractivity contribution in [2.45, 2.75) is 71.1 Å². The predicted molar refractivity (Wildman–Crippen MR) is 150 cm³/mol. The van der Waals surface area contributed by atoms with Crippen LogP contribution in [0.5, 0.6) is 5.75 Å². The number of hydrogen-bond donors (Lipinski definition) is 4. The van der Waals surface area contributed by atoms with Gasteiger partial charge < -0.3 is 34.4 Å². The summed E-state index contributed by atoms with van der Waals surface area (Å²) in [5.41, 5.74) is -2.47. The molecule has 14 heteroatoms. The van der Waals surface area contributed by atoms with Gasteiger partial charge in [-0.15, -0.1) is 0 Å². The maximum atomic E-state index is 15.5. The molecule has 7 atom stereocenters. The van der Waals surface area contributed by atoms with Crippen LogP contribution in [0, 0.1) is 5.41 Å². The summed E-state index contributed by atoms with van der Waals surface area (Å²) >= 11 is 0. The molecule has 1 amide bonds. The Labute approximate surface area is 243 Å². The van der Waals surface area contributed by atoms with Gasteiger partial charge >= 0.3 is 13.7 Å². The molecule has 1 fully saturated rings. The topological polar surface area (TPSA) is 156 Å². The van der Waals surface area contributed by atoms with Crippen molar-refractivity contribution < 1.29 is 47.3 Å². The molecule has 2 aromatic rings. The molecule has 2 aliphatic rings. The fourth-order valence-corrected chi connectivity index (χ4v) is 5.96. The Kier molecular flexibility index (Phi) is 9.31. The maximum absolute atomic E-state index is 15.5. The number of benzene rings is 2.